The summed E-state index contributed by atoms with van der Waals surface area (Å²) in [6, 6.07) is 8.13. The fraction of sp³-hybridized carbons (Fsp3) is 0.450. The number of methoxy groups -OCH3 is 1. The Morgan fingerprint density at radius 3 is 2.58 bits per heavy atom. The minimum absolute atomic E-state index is 0. The second-order valence-electron chi connectivity index (χ2n) is 7.03. The molecule has 3 aliphatic rings. The zero-order chi connectivity index (χ0) is 17.3. The average Bonchev–Trinajstić information content (AvgIpc) is 3.04. The predicted octanol–water partition coefficient (Wildman–Crippen LogP) is 3.24. The topological polar surface area (TPSA) is 58.3 Å². The van der Waals surface area contributed by atoms with E-state index in [9.17, 15) is 0 Å². The Labute approximate surface area is 160 Å². The molecule has 3 aliphatic heterocycles. The van der Waals surface area contributed by atoms with Crippen molar-refractivity contribution in [3.05, 3.63) is 41.6 Å². The molecule has 1 unspecified atom stereocenters. The zero-order valence-corrected chi connectivity index (χ0v) is 16.1. The SMILES string of the molecule is COc1ccc(CC2=CC3=NC(C)(C4CCNCC4)N=CC3=N2)cc1.Cl. The minimum atomic E-state index is -0.345. The van der Waals surface area contributed by atoms with Gasteiger partial charge in [0.25, 0.3) is 0 Å². The van der Waals surface area contributed by atoms with Crippen LogP contribution in [0, 0.1) is 5.92 Å². The van der Waals surface area contributed by atoms with Gasteiger partial charge in [0.1, 0.15) is 11.5 Å². The van der Waals surface area contributed by atoms with Crippen LogP contribution in [0.15, 0.2) is 51.0 Å². The van der Waals surface area contributed by atoms with Gasteiger partial charge in [-0.05, 0) is 56.6 Å². The van der Waals surface area contributed by atoms with Crippen LogP contribution in [0.4, 0.5) is 0 Å². The van der Waals surface area contributed by atoms with Crippen LogP contribution in [0.5, 0.6) is 5.75 Å². The Morgan fingerprint density at radius 1 is 1.15 bits per heavy atom. The van der Waals surface area contributed by atoms with Crippen molar-refractivity contribution in [1.82, 2.24) is 5.32 Å². The summed E-state index contributed by atoms with van der Waals surface area (Å²) in [5.41, 5.74) is 3.80. The van der Waals surface area contributed by atoms with Crippen LogP contribution < -0.4 is 10.1 Å². The van der Waals surface area contributed by atoms with E-state index in [2.05, 4.69) is 30.4 Å². The quantitative estimate of drug-likeness (QED) is 0.882. The minimum Gasteiger partial charge on any atom is -0.497 e. The largest absolute Gasteiger partial charge is 0.497 e. The van der Waals surface area contributed by atoms with E-state index in [1.807, 2.05) is 18.3 Å². The molecule has 6 heteroatoms. The monoisotopic (exact) mass is 372 g/mol. The molecule has 26 heavy (non-hydrogen) atoms. The average molecular weight is 373 g/mol. The van der Waals surface area contributed by atoms with Gasteiger partial charge in [0.15, 0.2) is 5.66 Å². The lowest BCUT2D eigenvalue weighted by atomic mass is 9.85. The predicted molar refractivity (Wildman–Crippen MR) is 109 cm³/mol. The molecule has 4 rings (SSSR count). The number of nitrogens with one attached hydrogen (secondary N) is 1. The highest BCUT2D eigenvalue weighted by Crippen LogP contribution is 2.33. The first kappa shape index (κ1) is 18.8. The van der Waals surface area contributed by atoms with E-state index in [1.54, 1.807) is 7.11 Å². The van der Waals surface area contributed by atoms with Gasteiger partial charge in [0.05, 0.1) is 19.0 Å². The van der Waals surface area contributed by atoms with Crippen molar-refractivity contribution in [2.75, 3.05) is 20.2 Å². The van der Waals surface area contributed by atoms with Gasteiger partial charge in [0, 0.05) is 18.0 Å². The van der Waals surface area contributed by atoms with Crippen LogP contribution in [0.3, 0.4) is 0 Å². The normalized spacial score (nSPS) is 24.9. The maximum absolute atomic E-state index is 5.21. The lowest BCUT2D eigenvalue weighted by Crippen LogP contribution is -2.42. The maximum atomic E-state index is 5.21. The number of ether oxygens (including phenoxy) is 1. The molecule has 1 saturated heterocycles. The van der Waals surface area contributed by atoms with Crippen LogP contribution in [0.25, 0.3) is 0 Å². The third kappa shape index (κ3) is 3.74. The number of rotatable bonds is 4. The van der Waals surface area contributed by atoms with Crippen LogP contribution >= 0.6 is 12.4 Å². The number of nitrogens with zero attached hydrogens (tertiary/aromatic N) is 3. The van der Waals surface area contributed by atoms with E-state index < -0.39 is 0 Å². The second kappa shape index (κ2) is 7.72. The first-order chi connectivity index (χ1) is 12.2. The molecular weight excluding hydrogens is 348 g/mol. The molecular formula is C20H25ClN4O. The molecule has 0 saturated carbocycles. The Hall–Kier alpha value is -1.98. The Morgan fingerprint density at radius 2 is 1.88 bits per heavy atom. The number of allylic oxidation sites excluding steroid dienone is 2. The molecule has 1 atom stereocenters. The van der Waals surface area contributed by atoms with Crippen molar-refractivity contribution in [2.45, 2.75) is 31.8 Å². The van der Waals surface area contributed by atoms with Gasteiger partial charge in [-0.1, -0.05) is 12.1 Å². The molecule has 5 nitrogen and oxygen atoms in total. The third-order valence-electron chi connectivity index (χ3n) is 5.28. The number of hydrogen-bond donors (Lipinski definition) is 1. The number of aliphatic imine (C=N–C) groups is 3. The van der Waals surface area contributed by atoms with Crippen molar-refractivity contribution < 1.29 is 4.74 Å². The summed E-state index contributed by atoms with van der Waals surface area (Å²) < 4.78 is 5.21. The van der Waals surface area contributed by atoms with E-state index in [0.29, 0.717) is 5.92 Å². The molecule has 0 aliphatic carbocycles. The Balaban J connectivity index is 0.00000196. The third-order valence-corrected chi connectivity index (χ3v) is 5.28. The fourth-order valence-corrected chi connectivity index (χ4v) is 3.73. The van der Waals surface area contributed by atoms with Gasteiger partial charge in [-0.2, -0.15) is 0 Å². The van der Waals surface area contributed by atoms with Gasteiger partial charge in [-0.25, -0.2) is 4.99 Å². The number of hydrogen-bond acceptors (Lipinski definition) is 5. The van der Waals surface area contributed by atoms with Crippen LogP contribution in [-0.4, -0.2) is 43.5 Å². The summed E-state index contributed by atoms with van der Waals surface area (Å²) in [5, 5.41) is 3.41. The smallest absolute Gasteiger partial charge is 0.151 e. The van der Waals surface area contributed by atoms with Crippen LogP contribution in [-0.2, 0) is 6.42 Å². The molecule has 1 N–H and O–H groups in total. The summed E-state index contributed by atoms with van der Waals surface area (Å²) in [7, 11) is 1.68. The fourth-order valence-electron chi connectivity index (χ4n) is 3.73. The van der Waals surface area contributed by atoms with Gasteiger partial charge in [0.2, 0.25) is 0 Å². The summed E-state index contributed by atoms with van der Waals surface area (Å²) in [4.78, 5) is 14.5. The van der Waals surface area contributed by atoms with Gasteiger partial charge < -0.3 is 10.1 Å². The lowest BCUT2D eigenvalue weighted by Gasteiger charge is -2.35. The van der Waals surface area contributed by atoms with Crippen LogP contribution in [0.2, 0.25) is 0 Å². The Bertz CT molecular complexity index is 776. The molecule has 3 heterocycles. The molecule has 0 amide bonds. The lowest BCUT2D eigenvalue weighted by molar-refractivity contribution is 0.244. The molecule has 0 bridgehead atoms. The van der Waals surface area contributed by atoms with E-state index in [0.717, 1.165) is 55.2 Å². The Kier molecular flexibility index (Phi) is 5.58. The van der Waals surface area contributed by atoms with Crippen LogP contribution in [0.1, 0.15) is 25.3 Å². The summed E-state index contributed by atoms with van der Waals surface area (Å²) in [5.74, 6) is 1.37. The number of halogens is 1. The molecule has 0 aromatic heterocycles. The molecule has 1 aromatic carbocycles. The number of fused-ring (bicyclic) bond motifs is 1. The van der Waals surface area contributed by atoms with Crippen molar-refractivity contribution in [1.29, 1.82) is 0 Å². The summed E-state index contributed by atoms with van der Waals surface area (Å²) in [6.45, 7) is 4.26. The number of benzene rings is 1. The maximum Gasteiger partial charge on any atom is 0.151 e. The standard InChI is InChI=1S/C20H24N4O.ClH/c1-20(15-7-9-21-10-8-15)22-13-19-18(24-20)12-16(23-19)11-14-3-5-17(25-2)6-4-14;/h3-6,12-13,15,21H,7-11H2,1-2H3;1H. The molecule has 138 valence electrons. The first-order valence-electron chi connectivity index (χ1n) is 8.95. The van der Waals surface area contributed by atoms with Crippen molar-refractivity contribution in [3.8, 4) is 5.75 Å². The highest BCUT2D eigenvalue weighted by atomic mass is 35.5. The number of piperidine rings is 1. The van der Waals surface area contributed by atoms with E-state index in [-0.39, 0.29) is 18.1 Å². The van der Waals surface area contributed by atoms with Gasteiger partial charge in [-0.15, -0.1) is 12.4 Å². The highest BCUT2D eigenvalue weighted by Gasteiger charge is 2.37. The molecule has 1 aromatic rings. The van der Waals surface area contributed by atoms with E-state index in [1.165, 1.54) is 5.56 Å². The summed E-state index contributed by atoms with van der Waals surface area (Å²) >= 11 is 0. The highest BCUT2D eigenvalue weighted by molar-refractivity contribution is 6.67. The zero-order valence-electron chi connectivity index (χ0n) is 15.2. The van der Waals surface area contributed by atoms with Gasteiger partial charge in [-0.3, -0.25) is 9.98 Å². The van der Waals surface area contributed by atoms with Gasteiger partial charge >= 0.3 is 0 Å². The second-order valence-corrected chi connectivity index (χ2v) is 7.03. The molecule has 1 fully saturated rings. The summed E-state index contributed by atoms with van der Waals surface area (Å²) in [6.07, 6.45) is 7.08. The van der Waals surface area contributed by atoms with Crippen molar-refractivity contribution >= 4 is 30.0 Å². The molecule has 0 radical (unpaired) electrons. The van der Waals surface area contributed by atoms with E-state index >= 15 is 0 Å². The first-order valence-corrected chi connectivity index (χ1v) is 8.95. The van der Waals surface area contributed by atoms with Crippen molar-refractivity contribution in [2.24, 2.45) is 20.9 Å². The van der Waals surface area contributed by atoms with Crippen molar-refractivity contribution in [3.63, 3.8) is 0 Å². The van der Waals surface area contributed by atoms with E-state index in [4.69, 9.17) is 19.7 Å². The molecule has 0 spiro atoms.